The molecule has 6 nitrogen and oxygen atoms in total. The Labute approximate surface area is 202 Å². The molecule has 2 aliphatic heterocycles. The van der Waals surface area contributed by atoms with Gasteiger partial charge >= 0.3 is 0 Å². The number of piperazine rings is 1. The summed E-state index contributed by atoms with van der Waals surface area (Å²) in [6.07, 6.45) is -0.278. The van der Waals surface area contributed by atoms with E-state index in [9.17, 15) is 0 Å². The van der Waals surface area contributed by atoms with Crippen LogP contribution in [0.25, 0.3) is 11.1 Å². The minimum Gasteiger partial charge on any atom is -0.492 e. The number of methoxy groups -OCH3 is 1. The first-order valence-corrected chi connectivity index (χ1v) is 11.8. The largest absolute Gasteiger partial charge is 0.492 e. The van der Waals surface area contributed by atoms with Crippen LogP contribution in [0.4, 0.5) is 11.4 Å². The van der Waals surface area contributed by atoms with Gasteiger partial charge in [-0.05, 0) is 42.8 Å². The molecule has 0 radical (unpaired) electrons. The Hall–Kier alpha value is -3.51. The zero-order valence-corrected chi connectivity index (χ0v) is 20.4. The van der Waals surface area contributed by atoms with Crippen molar-refractivity contribution in [2.45, 2.75) is 20.0 Å². The molecule has 1 fully saturated rings. The lowest BCUT2D eigenvalue weighted by molar-refractivity contribution is 0.261. The van der Waals surface area contributed by atoms with E-state index in [4.69, 9.17) is 14.6 Å². The summed E-state index contributed by atoms with van der Waals surface area (Å²) in [5.74, 6) is 1.46. The van der Waals surface area contributed by atoms with E-state index in [1.54, 1.807) is 7.11 Å². The van der Waals surface area contributed by atoms with E-state index >= 15 is 0 Å². The molecule has 0 amide bonds. The molecular weight excluding hydrogens is 424 g/mol. The third-order valence-electron chi connectivity index (χ3n) is 6.65. The van der Waals surface area contributed by atoms with Gasteiger partial charge in [0.05, 0.1) is 12.8 Å². The van der Waals surface area contributed by atoms with Crippen LogP contribution in [-0.2, 0) is 4.84 Å². The van der Waals surface area contributed by atoms with Crippen LogP contribution < -0.4 is 14.7 Å². The summed E-state index contributed by atoms with van der Waals surface area (Å²) >= 11 is 0. The number of nitrogens with zero attached hydrogens (tertiary/aromatic N) is 4. The van der Waals surface area contributed by atoms with Gasteiger partial charge in [-0.2, -0.15) is 5.06 Å². The predicted molar refractivity (Wildman–Crippen MR) is 139 cm³/mol. The molecular formula is C28H32N4O2. The fourth-order valence-electron chi connectivity index (χ4n) is 4.81. The van der Waals surface area contributed by atoms with Crippen LogP contribution in [0.1, 0.15) is 24.2 Å². The SMILES string of the molecule is COc1c(N2CCN(C)CC2)cccc1N1OC(C)=NC1c1ccc(-c2ccccc2)c(C)c1. The van der Waals surface area contributed by atoms with Crippen molar-refractivity contribution in [3.05, 3.63) is 77.9 Å². The van der Waals surface area contributed by atoms with Crippen molar-refractivity contribution < 1.29 is 9.57 Å². The topological polar surface area (TPSA) is 40.5 Å². The van der Waals surface area contributed by atoms with Crippen LogP contribution in [-0.4, -0.2) is 51.1 Å². The van der Waals surface area contributed by atoms with Crippen LogP contribution in [0, 0.1) is 6.92 Å². The van der Waals surface area contributed by atoms with Crippen molar-refractivity contribution in [2.75, 3.05) is 50.3 Å². The van der Waals surface area contributed by atoms with Gasteiger partial charge in [0.1, 0.15) is 5.69 Å². The van der Waals surface area contributed by atoms with Crippen LogP contribution in [0.3, 0.4) is 0 Å². The number of aliphatic imine (C=N–C) groups is 1. The Bertz CT molecular complexity index is 1190. The monoisotopic (exact) mass is 456 g/mol. The average Bonchev–Trinajstić information content (AvgIpc) is 3.26. The second-order valence-corrected chi connectivity index (χ2v) is 9.00. The zero-order valence-electron chi connectivity index (χ0n) is 20.4. The lowest BCUT2D eigenvalue weighted by Gasteiger charge is -2.35. The Balaban J connectivity index is 1.49. The van der Waals surface area contributed by atoms with Crippen LogP contribution in [0.5, 0.6) is 5.75 Å². The molecule has 1 saturated heterocycles. The summed E-state index contributed by atoms with van der Waals surface area (Å²) in [5, 5.41) is 1.88. The number of para-hydroxylation sites is 1. The maximum absolute atomic E-state index is 6.15. The minimum absolute atomic E-state index is 0.278. The Morgan fingerprint density at radius 2 is 1.62 bits per heavy atom. The number of ether oxygens (including phenoxy) is 1. The number of anilines is 2. The number of hydrogen-bond donors (Lipinski definition) is 0. The summed E-state index contributed by atoms with van der Waals surface area (Å²) in [4.78, 5) is 15.7. The van der Waals surface area contributed by atoms with Crippen molar-refractivity contribution in [2.24, 2.45) is 4.99 Å². The normalized spacial score (nSPS) is 18.6. The Kier molecular flexibility index (Phi) is 6.16. The average molecular weight is 457 g/mol. The molecule has 0 aliphatic carbocycles. The first kappa shape index (κ1) is 22.3. The summed E-state index contributed by atoms with van der Waals surface area (Å²) in [6, 6.07) is 23.3. The van der Waals surface area contributed by atoms with Gasteiger partial charge in [-0.3, -0.25) is 0 Å². The summed E-state index contributed by atoms with van der Waals surface area (Å²) in [5.41, 5.74) is 6.71. The van der Waals surface area contributed by atoms with E-state index in [-0.39, 0.29) is 6.17 Å². The standard InChI is InChI=1S/C28H32N4O2/c1-20-19-23(13-14-24(20)22-9-6-5-7-10-22)28-29-21(2)34-32(28)26-12-8-11-25(27(26)33-4)31-17-15-30(3)16-18-31/h5-14,19,28H,15-18H2,1-4H3. The molecule has 0 N–H and O–H groups in total. The van der Waals surface area contributed by atoms with Crippen molar-refractivity contribution in [3.8, 4) is 16.9 Å². The molecule has 1 unspecified atom stereocenters. The highest BCUT2D eigenvalue weighted by Gasteiger charge is 2.33. The molecule has 3 aromatic carbocycles. The number of benzene rings is 3. The number of likely N-dealkylation sites (N-methyl/N-ethyl adjacent to an activating group) is 1. The molecule has 1 atom stereocenters. The van der Waals surface area contributed by atoms with E-state index in [0.717, 1.165) is 48.9 Å². The smallest absolute Gasteiger partial charge is 0.217 e. The Morgan fingerprint density at radius 3 is 2.32 bits per heavy atom. The second kappa shape index (κ2) is 9.39. The van der Waals surface area contributed by atoms with Crippen molar-refractivity contribution in [3.63, 3.8) is 0 Å². The first-order chi connectivity index (χ1) is 16.5. The highest BCUT2D eigenvalue weighted by atomic mass is 16.7. The summed E-state index contributed by atoms with van der Waals surface area (Å²) in [7, 11) is 3.90. The lowest BCUT2D eigenvalue weighted by Crippen LogP contribution is -2.44. The molecule has 0 bridgehead atoms. The molecule has 0 aromatic heterocycles. The maximum Gasteiger partial charge on any atom is 0.217 e. The van der Waals surface area contributed by atoms with E-state index < -0.39 is 0 Å². The van der Waals surface area contributed by atoms with Crippen LogP contribution in [0.2, 0.25) is 0 Å². The lowest BCUT2D eigenvalue weighted by atomic mass is 9.97. The van der Waals surface area contributed by atoms with Gasteiger partial charge in [0.15, 0.2) is 11.9 Å². The molecule has 5 rings (SSSR count). The summed E-state index contributed by atoms with van der Waals surface area (Å²) < 4.78 is 5.96. The van der Waals surface area contributed by atoms with Gasteiger partial charge in [0, 0.05) is 38.7 Å². The number of hydroxylamine groups is 1. The van der Waals surface area contributed by atoms with Gasteiger partial charge in [0.2, 0.25) is 5.90 Å². The molecule has 34 heavy (non-hydrogen) atoms. The van der Waals surface area contributed by atoms with Gasteiger partial charge in [-0.25, -0.2) is 4.99 Å². The number of aryl methyl sites for hydroxylation is 1. The second-order valence-electron chi connectivity index (χ2n) is 9.00. The fraction of sp³-hybridized carbons (Fsp3) is 0.321. The maximum atomic E-state index is 6.15. The van der Waals surface area contributed by atoms with Crippen LogP contribution >= 0.6 is 0 Å². The molecule has 0 spiro atoms. The zero-order chi connectivity index (χ0) is 23.7. The quantitative estimate of drug-likeness (QED) is 0.522. The third-order valence-corrected chi connectivity index (χ3v) is 6.65. The molecule has 0 saturated carbocycles. The third kappa shape index (κ3) is 4.21. The van der Waals surface area contributed by atoms with Gasteiger partial charge < -0.3 is 19.4 Å². The predicted octanol–water partition coefficient (Wildman–Crippen LogP) is 5.29. The molecule has 6 heteroatoms. The van der Waals surface area contributed by atoms with E-state index in [1.807, 2.05) is 24.1 Å². The highest BCUT2D eigenvalue weighted by molar-refractivity contribution is 5.81. The number of rotatable bonds is 5. The van der Waals surface area contributed by atoms with E-state index in [1.165, 1.54) is 16.7 Å². The first-order valence-electron chi connectivity index (χ1n) is 11.8. The minimum atomic E-state index is -0.278. The van der Waals surface area contributed by atoms with Crippen LogP contribution in [0.15, 0.2) is 71.7 Å². The van der Waals surface area contributed by atoms with Crippen molar-refractivity contribution in [1.82, 2.24) is 4.90 Å². The Morgan fingerprint density at radius 1 is 0.882 bits per heavy atom. The van der Waals surface area contributed by atoms with Gasteiger partial charge in [-0.1, -0.05) is 54.6 Å². The summed E-state index contributed by atoms with van der Waals surface area (Å²) in [6.45, 7) is 8.05. The van der Waals surface area contributed by atoms with Gasteiger partial charge in [-0.15, -0.1) is 0 Å². The molecule has 2 aliphatic rings. The van der Waals surface area contributed by atoms with Gasteiger partial charge in [0.25, 0.3) is 0 Å². The van der Waals surface area contributed by atoms with Crippen molar-refractivity contribution in [1.29, 1.82) is 0 Å². The van der Waals surface area contributed by atoms with E-state index in [2.05, 4.69) is 78.4 Å². The highest BCUT2D eigenvalue weighted by Crippen LogP contribution is 2.44. The molecule has 3 aromatic rings. The fourth-order valence-corrected chi connectivity index (χ4v) is 4.81. The number of hydrogen-bond acceptors (Lipinski definition) is 6. The van der Waals surface area contributed by atoms with E-state index in [0.29, 0.717) is 5.90 Å². The molecule has 176 valence electrons. The van der Waals surface area contributed by atoms with Crippen molar-refractivity contribution >= 4 is 17.3 Å². The molecule has 2 heterocycles.